The Morgan fingerprint density at radius 1 is 1.26 bits per heavy atom. The number of para-hydroxylation sites is 1. The van der Waals surface area contributed by atoms with Crippen LogP contribution in [0.2, 0.25) is 0 Å². The molecule has 0 saturated heterocycles. The Morgan fingerprint density at radius 3 is 2.84 bits per heavy atom. The molecule has 1 aromatic heterocycles. The van der Waals surface area contributed by atoms with Crippen LogP contribution >= 0.6 is 11.3 Å². The van der Waals surface area contributed by atoms with Crippen LogP contribution in [0, 0.1) is 0 Å². The first kappa shape index (κ1) is 20.9. The lowest BCUT2D eigenvalue weighted by Gasteiger charge is -2.18. The summed E-state index contributed by atoms with van der Waals surface area (Å²) in [6.07, 6.45) is 0. The average Bonchev–Trinajstić information content (AvgIpc) is 3.14. The van der Waals surface area contributed by atoms with Gasteiger partial charge in [-0.2, -0.15) is 5.10 Å². The number of carbonyl (C=O) groups is 1. The molecule has 4 rings (SSSR count). The van der Waals surface area contributed by atoms with Crippen LogP contribution in [-0.4, -0.2) is 36.1 Å². The first-order valence-corrected chi connectivity index (χ1v) is 10.8. The van der Waals surface area contributed by atoms with Gasteiger partial charge in [-0.1, -0.05) is 12.1 Å². The van der Waals surface area contributed by atoms with E-state index in [4.69, 9.17) is 19.6 Å². The minimum absolute atomic E-state index is 0.0324. The highest BCUT2D eigenvalue weighted by atomic mass is 32.1. The van der Waals surface area contributed by atoms with Gasteiger partial charge in [0.25, 0.3) is 5.91 Å². The molecule has 31 heavy (non-hydrogen) atoms. The lowest BCUT2D eigenvalue weighted by Crippen LogP contribution is -2.25. The second-order valence-electron chi connectivity index (χ2n) is 7.37. The lowest BCUT2D eigenvalue weighted by molar-refractivity contribution is -0.118. The molecule has 1 aliphatic rings. The molecule has 0 spiro atoms. The van der Waals surface area contributed by atoms with E-state index >= 15 is 0 Å². The molecule has 8 heteroatoms. The van der Waals surface area contributed by atoms with Crippen molar-refractivity contribution in [3.63, 3.8) is 0 Å². The molecule has 0 radical (unpaired) electrons. The topological polar surface area (TPSA) is 77.2 Å². The van der Waals surface area contributed by atoms with Crippen LogP contribution in [0.5, 0.6) is 11.5 Å². The van der Waals surface area contributed by atoms with Crippen LogP contribution in [0.1, 0.15) is 26.3 Å². The number of methoxy groups -OCH3 is 1. The summed E-state index contributed by atoms with van der Waals surface area (Å²) in [6, 6.07) is 13.6. The van der Waals surface area contributed by atoms with Crippen molar-refractivity contribution >= 4 is 28.6 Å². The predicted molar refractivity (Wildman–Crippen MR) is 123 cm³/mol. The standard InChI is InChI=1S/C23H24N4O3S/c1-14(2)24-23-27(26-15(3)17-7-5-6-8-20(17)29-4)19(13-31-23)16-9-10-21-18(11-16)25-22(28)12-30-21/h5-11,13-14H,12H2,1-4H3,(H,25,28). The molecule has 1 amide bonds. The third kappa shape index (κ3) is 4.39. The first-order chi connectivity index (χ1) is 15.0. The molecule has 7 nitrogen and oxygen atoms in total. The van der Waals surface area contributed by atoms with Gasteiger partial charge in [0.2, 0.25) is 4.80 Å². The zero-order valence-corrected chi connectivity index (χ0v) is 18.7. The Bertz CT molecular complexity index is 1220. The Labute approximate surface area is 184 Å². The highest BCUT2D eigenvalue weighted by Crippen LogP contribution is 2.33. The third-order valence-electron chi connectivity index (χ3n) is 4.71. The van der Waals surface area contributed by atoms with Gasteiger partial charge in [0.15, 0.2) is 6.61 Å². The van der Waals surface area contributed by atoms with Crippen LogP contribution in [0.4, 0.5) is 5.69 Å². The maximum Gasteiger partial charge on any atom is 0.262 e. The molecular formula is C23H24N4O3S. The van der Waals surface area contributed by atoms with Gasteiger partial charge in [0.05, 0.1) is 24.2 Å². The fraction of sp³-hybridized carbons (Fsp3) is 0.261. The number of fused-ring (bicyclic) bond motifs is 1. The second-order valence-corrected chi connectivity index (χ2v) is 8.21. The number of anilines is 1. The molecule has 0 fully saturated rings. The summed E-state index contributed by atoms with van der Waals surface area (Å²) in [5.74, 6) is 1.26. The Balaban J connectivity index is 1.85. The summed E-state index contributed by atoms with van der Waals surface area (Å²) in [6.45, 7) is 6.05. The fourth-order valence-corrected chi connectivity index (χ4v) is 4.26. The average molecular weight is 437 g/mol. The highest BCUT2D eigenvalue weighted by Gasteiger charge is 2.18. The number of hydrogen-bond donors (Lipinski definition) is 1. The number of nitrogens with one attached hydrogen (secondary N) is 1. The SMILES string of the molecule is COc1ccccc1C(C)=Nn1c(-c2ccc3c(c2)NC(=O)CO3)csc1=NC(C)C. The van der Waals surface area contributed by atoms with E-state index in [0.717, 1.165) is 33.1 Å². The number of carbonyl (C=O) groups excluding carboxylic acids is 1. The number of rotatable bonds is 5. The highest BCUT2D eigenvalue weighted by molar-refractivity contribution is 7.07. The summed E-state index contributed by atoms with van der Waals surface area (Å²) in [7, 11) is 1.65. The molecule has 1 aliphatic heterocycles. The van der Waals surface area contributed by atoms with E-state index in [2.05, 4.69) is 5.32 Å². The van der Waals surface area contributed by atoms with Crippen molar-refractivity contribution in [2.75, 3.05) is 19.0 Å². The maximum absolute atomic E-state index is 11.7. The van der Waals surface area contributed by atoms with Crippen LogP contribution in [-0.2, 0) is 4.79 Å². The fourth-order valence-electron chi connectivity index (χ4n) is 3.29. The molecule has 3 aromatic rings. The van der Waals surface area contributed by atoms with Crippen molar-refractivity contribution in [2.45, 2.75) is 26.8 Å². The number of amides is 1. The van der Waals surface area contributed by atoms with E-state index in [0.29, 0.717) is 11.4 Å². The van der Waals surface area contributed by atoms with Crippen LogP contribution in [0.15, 0.2) is 57.9 Å². The normalized spacial score (nSPS) is 14.3. The van der Waals surface area contributed by atoms with Crippen molar-refractivity contribution in [1.82, 2.24) is 4.68 Å². The zero-order valence-electron chi connectivity index (χ0n) is 17.9. The van der Waals surface area contributed by atoms with E-state index in [1.165, 1.54) is 11.3 Å². The van der Waals surface area contributed by atoms with E-state index < -0.39 is 0 Å². The van der Waals surface area contributed by atoms with Crippen molar-refractivity contribution in [3.8, 4) is 22.8 Å². The lowest BCUT2D eigenvalue weighted by atomic mass is 10.1. The van der Waals surface area contributed by atoms with Crippen LogP contribution in [0.3, 0.4) is 0 Å². The Morgan fingerprint density at radius 2 is 2.06 bits per heavy atom. The molecular weight excluding hydrogens is 412 g/mol. The van der Waals surface area contributed by atoms with Crippen LogP contribution in [0.25, 0.3) is 11.3 Å². The number of aromatic nitrogens is 1. The summed E-state index contributed by atoms with van der Waals surface area (Å²) in [5, 5.41) is 9.79. The molecule has 0 bridgehead atoms. The molecule has 1 N–H and O–H groups in total. The van der Waals surface area contributed by atoms with Gasteiger partial charge in [-0.05, 0) is 51.1 Å². The number of thiazole rings is 1. The van der Waals surface area contributed by atoms with E-state index in [9.17, 15) is 4.79 Å². The van der Waals surface area contributed by atoms with Gasteiger partial charge >= 0.3 is 0 Å². The quantitative estimate of drug-likeness (QED) is 0.611. The molecule has 0 saturated carbocycles. The number of benzene rings is 2. The van der Waals surface area contributed by atoms with Crippen molar-refractivity contribution < 1.29 is 14.3 Å². The van der Waals surface area contributed by atoms with Crippen LogP contribution < -0.4 is 19.6 Å². The van der Waals surface area contributed by atoms with E-state index in [1.807, 2.05) is 73.3 Å². The van der Waals surface area contributed by atoms with Gasteiger partial charge in [-0.15, -0.1) is 11.3 Å². The largest absolute Gasteiger partial charge is 0.496 e. The second kappa shape index (κ2) is 8.77. The monoisotopic (exact) mass is 436 g/mol. The van der Waals surface area contributed by atoms with Crippen molar-refractivity contribution in [3.05, 3.63) is 58.2 Å². The third-order valence-corrected chi connectivity index (χ3v) is 5.54. The summed E-state index contributed by atoms with van der Waals surface area (Å²) >= 11 is 1.52. The zero-order chi connectivity index (χ0) is 22.0. The summed E-state index contributed by atoms with van der Waals surface area (Å²) in [5.41, 5.74) is 4.15. The molecule has 160 valence electrons. The van der Waals surface area contributed by atoms with Gasteiger partial charge in [-0.25, -0.2) is 4.68 Å². The number of hydrogen-bond acceptors (Lipinski definition) is 6. The molecule has 0 atom stereocenters. The summed E-state index contributed by atoms with van der Waals surface area (Å²) < 4.78 is 12.8. The molecule has 0 unspecified atom stereocenters. The maximum atomic E-state index is 11.7. The Kier molecular flexibility index (Phi) is 5.90. The van der Waals surface area contributed by atoms with Gasteiger partial charge in [0, 0.05) is 22.5 Å². The first-order valence-electron chi connectivity index (χ1n) is 9.96. The minimum atomic E-state index is -0.164. The van der Waals surface area contributed by atoms with Gasteiger partial charge < -0.3 is 14.8 Å². The molecule has 0 aliphatic carbocycles. The smallest absolute Gasteiger partial charge is 0.262 e. The minimum Gasteiger partial charge on any atom is -0.496 e. The van der Waals surface area contributed by atoms with Crippen molar-refractivity contribution in [2.24, 2.45) is 10.1 Å². The van der Waals surface area contributed by atoms with Gasteiger partial charge in [-0.3, -0.25) is 9.79 Å². The Hall–Kier alpha value is -3.39. The van der Waals surface area contributed by atoms with Crippen molar-refractivity contribution in [1.29, 1.82) is 0 Å². The van der Waals surface area contributed by atoms with Gasteiger partial charge in [0.1, 0.15) is 11.5 Å². The predicted octanol–water partition coefficient (Wildman–Crippen LogP) is 4.14. The molecule has 2 heterocycles. The van der Waals surface area contributed by atoms with E-state index in [-0.39, 0.29) is 18.6 Å². The summed E-state index contributed by atoms with van der Waals surface area (Å²) in [4.78, 5) is 17.3. The molecule has 2 aromatic carbocycles. The van der Waals surface area contributed by atoms with E-state index in [1.54, 1.807) is 7.11 Å². The number of nitrogens with zero attached hydrogens (tertiary/aromatic N) is 3. The number of ether oxygens (including phenoxy) is 2.